The van der Waals surface area contributed by atoms with Gasteiger partial charge in [0.15, 0.2) is 0 Å². The summed E-state index contributed by atoms with van der Waals surface area (Å²) in [5.41, 5.74) is 0. The van der Waals surface area contributed by atoms with Crippen LogP contribution in [0.3, 0.4) is 0 Å². The Morgan fingerprint density at radius 1 is 1.71 bits per heavy atom. The highest BCUT2D eigenvalue weighted by Gasteiger charge is 1.83. The van der Waals surface area contributed by atoms with Crippen LogP contribution in [-0.4, -0.2) is 6.10 Å². The van der Waals surface area contributed by atoms with Gasteiger partial charge in [-0.05, 0) is 13.3 Å². The van der Waals surface area contributed by atoms with Gasteiger partial charge in [-0.3, -0.25) is 0 Å². The lowest BCUT2D eigenvalue weighted by Gasteiger charge is -1.85. The number of hydrogen-bond donors (Lipinski definition) is 0. The summed E-state index contributed by atoms with van der Waals surface area (Å²) in [7, 11) is 0. The zero-order chi connectivity index (χ0) is 5.70. The molecule has 1 heteroatoms. The molecule has 0 N–H and O–H groups in total. The van der Waals surface area contributed by atoms with Gasteiger partial charge in [0.2, 0.25) is 0 Å². The van der Waals surface area contributed by atoms with Crippen LogP contribution in [0.15, 0.2) is 12.2 Å². The Kier molecular flexibility index (Phi) is 3.71. The third kappa shape index (κ3) is 5.70. The van der Waals surface area contributed by atoms with E-state index in [1.807, 2.05) is 13.0 Å². The summed E-state index contributed by atoms with van der Waals surface area (Å²) in [5.74, 6) is 0. The maximum absolute atomic E-state index is 10.2. The summed E-state index contributed by atoms with van der Waals surface area (Å²) in [6, 6.07) is 0. The topological polar surface area (TPSA) is 19.9 Å². The molecule has 1 nitrogen and oxygen atoms in total. The lowest BCUT2D eigenvalue weighted by Crippen LogP contribution is -1.87. The van der Waals surface area contributed by atoms with Crippen LogP contribution in [0.25, 0.3) is 0 Å². The van der Waals surface area contributed by atoms with Gasteiger partial charge in [-0.2, -0.15) is 0 Å². The molecule has 0 saturated heterocycles. The maximum atomic E-state index is 10.2. The van der Waals surface area contributed by atoms with Gasteiger partial charge in [0.25, 0.3) is 0 Å². The van der Waals surface area contributed by atoms with Crippen LogP contribution >= 0.6 is 0 Å². The van der Waals surface area contributed by atoms with E-state index in [-0.39, 0.29) is 0 Å². The Labute approximate surface area is 44.7 Å². The third-order valence-electron chi connectivity index (χ3n) is 0.643. The van der Waals surface area contributed by atoms with Crippen molar-refractivity contribution in [3.05, 3.63) is 12.2 Å². The van der Waals surface area contributed by atoms with Gasteiger partial charge in [0.05, 0.1) is 0 Å². The molecule has 1 atom stereocenters. The van der Waals surface area contributed by atoms with Gasteiger partial charge in [-0.1, -0.05) is 19.1 Å². The summed E-state index contributed by atoms with van der Waals surface area (Å²) >= 11 is 0. The van der Waals surface area contributed by atoms with Crippen molar-refractivity contribution in [2.45, 2.75) is 26.4 Å². The average Bonchev–Trinajstić information content (AvgIpc) is 1.61. The van der Waals surface area contributed by atoms with Crippen molar-refractivity contribution in [3.63, 3.8) is 0 Å². The summed E-state index contributed by atoms with van der Waals surface area (Å²) in [6.07, 6.45) is 3.99. The van der Waals surface area contributed by atoms with Gasteiger partial charge in [0.1, 0.15) is 6.10 Å². The monoisotopic (exact) mass is 99.1 g/mol. The number of hydrogen-bond acceptors (Lipinski definition) is 0. The van der Waals surface area contributed by atoms with E-state index in [9.17, 15) is 5.11 Å². The predicted octanol–water partition coefficient (Wildman–Crippen LogP) is 1.77. The van der Waals surface area contributed by atoms with E-state index >= 15 is 0 Å². The van der Waals surface area contributed by atoms with Crippen LogP contribution in [0.4, 0.5) is 0 Å². The smallest absolute Gasteiger partial charge is 0.108 e. The van der Waals surface area contributed by atoms with E-state index in [1.165, 1.54) is 0 Å². The molecule has 0 aromatic rings. The van der Waals surface area contributed by atoms with Crippen molar-refractivity contribution in [2.75, 3.05) is 0 Å². The van der Waals surface area contributed by atoms with Crippen molar-refractivity contribution < 1.29 is 5.11 Å². The van der Waals surface area contributed by atoms with Crippen molar-refractivity contribution in [2.24, 2.45) is 0 Å². The highest BCUT2D eigenvalue weighted by atomic mass is 16.3. The van der Waals surface area contributed by atoms with Crippen molar-refractivity contribution in [1.29, 1.82) is 0 Å². The fraction of sp³-hybridized carbons (Fsp3) is 0.667. The first kappa shape index (κ1) is 6.70. The molecule has 0 heterocycles. The summed E-state index contributed by atoms with van der Waals surface area (Å²) in [4.78, 5) is 0. The zero-order valence-corrected chi connectivity index (χ0v) is 4.85. The molecule has 0 bridgehead atoms. The molecule has 0 spiro atoms. The van der Waals surface area contributed by atoms with Crippen LogP contribution in [0.2, 0.25) is 0 Å². The van der Waals surface area contributed by atoms with Crippen molar-refractivity contribution in [3.8, 4) is 0 Å². The van der Waals surface area contributed by atoms with E-state index in [0.717, 1.165) is 6.42 Å². The number of rotatable bonds is 2. The van der Waals surface area contributed by atoms with E-state index in [1.54, 1.807) is 13.0 Å². The largest absolute Gasteiger partial charge is 0.229 e. The van der Waals surface area contributed by atoms with E-state index in [0.29, 0.717) is 0 Å². The highest BCUT2D eigenvalue weighted by molar-refractivity contribution is 4.84. The normalized spacial score (nSPS) is 15.3. The van der Waals surface area contributed by atoms with Gasteiger partial charge >= 0.3 is 0 Å². The summed E-state index contributed by atoms with van der Waals surface area (Å²) < 4.78 is 0. The molecule has 7 heavy (non-hydrogen) atoms. The molecule has 0 aromatic heterocycles. The fourth-order valence-electron chi connectivity index (χ4n) is 0.328. The molecule has 0 saturated carbocycles. The van der Waals surface area contributed by atoms with Gasteiger partial charge < -0.3 is 0 Å². The Balaban J connectivity index is 3.08. The lowest BCUT2D eigenvalue weighted by molar-refractivity contribution is 0.146. The standard InChI is InChI=1S/C6H11O/c1-3-4-5-6(2)7/h4-6H,3H2,1-2H3/b5-4+. The van der Waals surface area contributed by atoms with Crippen LogP contribution in [0.1, 0.15) is 20.3 Å². The lowest BCUT2D eigenvalue weighted by atomic mass is 10.3. The Morgan fingerprint density at radius 2 is 2.29 bits per heavy atom. The van der Waals surface area contributed by atoms with Crippen LogP contribution in [0, 0.1) is 0 Å². The van der Waals surface area contributed by atoms with E-state index in [2.05, 4.69) is 0 Å². The second kappa shape index (κ2) is 3.88. The van der Waals surface area contributed by atoms with Crippen LogP contribution < -0.4 is 0 Å². The van der Waals surface area contributed by atoms with Gasteiger partial charge in [-0.15, -0.1) is 0 Å². The minimum atomic E-state index is -0.528. The van der Waals surface area contributed by atoms with Gasteiger partial charge in [-0.25, -0.2) is 5.11 Å². The Bertz CT molecular complexity index is 55.2. The first-order valence-electron chi connectivity index (χ1n) is 2.60. The number of allylic oxidation sites excluding steroid dienone is 1. The molecular weight excluding hydrogens is 88.1 g/mol. The summed E-state index contributed by atoms with van der Waals surface area (Å²) in [6.45, 7) is 3.64. The molecule has 0 aromatic carbocycles. The second-order valence-electron chi connectivity index (χ2n) is 1.54. The minimum absolute atomic E-state index is 0.528. The molecule has 0 aliphatic rings. The Hall–Kier alpha value is -0.300. The molecule has 41 valence electrons. The molecule has 0 fully saturated rings. The molecule has 1 unspecified atom stereocenters. The Morgan fingerprint density at radius 3 is 2.43 bits per heavy atom. The van der Waals surface area contributed by atoms with E-state index < -0.39 is 6.10 Å². The third-order valence-corrected chi connectivity index (χ3v) is 0.643. The van der Waals surface area contributed by atoms with Crippen LogP contribution in [-0.2, 0) is 5.11 Å². The average molecular weight is 99.2 g/mol. The minimum Gasteiger partial charge on any atom is -0.229 e. The van der Waals surface area contributed by atoms with Crippen molar-refractivity contribution >= 4 is 0 Å². The molecule has 0 amide bonds. The van der Waals surface area contributed by atoms with E-state index in [4.69, 9.17) is 0 Å². The zero-order valence-electron chi connectivity index (χ0n) is 4.85. The molecule has 0 aliphatic carbocycles. The predicted molar refractivity (Wildman–Crippen MR) is 29.6 cm³/mol. The SMILES string of the molecule is CC/C=C/C(C)[O]. The fourth-order valence-corrected chi connectivity index (χ4v) is 0.328. The summed E-state index contributed by atoms with van der Waals surface area (Å²) in [5, 5.41) is 10.2. The molecule has 1 radical (unpaired) electrons. The van der Waals surface area contributed by atoms with Crippen LogP contribution in [0.5, 0.6) is 0 Å². The highest BCUT2D eigenvalue weighted by Crippen LogP contribution is 1.85. The molecule has 0 rings (SSSR count). The van der Waals surface area contributed by atoms with Crippen molar-refractivity contribution in [1.82, 2.24) is 0 Å². The van der Waals surface area contributed by atoms with Gasteiger partial charge in [0, 0.05) is 0 Å². The maximum Gasteiger partial charge on any atom is 0.108 e. The molecular formula is C6H11O. The first-order valence-corrected chi connectivity index (χ1v) is 2.60. The molecule has 0 aliphatic heterocycles. The first-order chi connectivity index (χ1) is 3.27. The quantitative estimate of drug-likeness (QED) is 0.470. The second-order valence-corrected chi connectivity index (χ2v) is 1.54.